The van der Waals surface area contributed by atoms with Crippen LogP contribution in [0, 0.1) is 0 Å². The Labute approximate surface area is 385 Å². The van der Waals surface area contributed by atoms with Crippen LogP contribution in [0.15, 0.2) is 91.3 Å². The van der Waals surface area contributed by atoms with Gasteiger partial charge in [0.15, 0.2) is 0 Å². The molecule has 3 saturated heterocycles. The van der Waals surface area contributed by atoms with Crippen molar-refractivity contribution in [3.05, 3.63) is 125 Å². The number of hydrogen-bond donors (Lipinski definition) is 6. The zero-order chi connectivity index (χ0) is 48.1. The fourth-order valence-corrected chi connectivity index (χ4v) is 8.78. The first-order valence-corrected chi connectivity index (χ1v) is 22.0. The van der Waals surface area contributed by atoms with Crippen molar-refractivity contribution in [1.82, 2.24) is 45.9 Å². The van der Waals surface area contributed by atoms with E-state index in [9.17, 15) is 39.5 Å². The van der Waals surface area contributed by atoms with Gasteiger partial charge < -0.3 is 45.1 Å². The Morgan fingerprint density at radius 1 is 0.420 bits per heavy atom. The molecular formula is C48H42F9N9O3. The third kappa shape index (κ3) is 9.79. The molecule has 0 saturated carbocycles. The number of alkyl halides is 9. The summed E-state index contributed by atoms with van der Waals surface area (Å²) in [6.07, 6.45) is -11.8. The molecule has 3 aliphatic heterocycles. The Morgan fingerprint density at radius 3 is 1.17 bits per heavy atom. The second-order valence-electron chi connectivity index (χ2n) is 16.8. The minimum absolute atomic E-state index is 0.0412. The molecule has 6 N–H and O–H groups in total. The molecule has 9 heterocycles. The van der Waals surface area contributed by atoms with Gasteiger partial charge in [0.25, 0.3) is 0 Å². The standard InChI is InChI=1S/3C16H14F3N3O/c17-16(18,19)14-4-2-10-11-7-9(13-8-20-5-6-23-13)1-3-12(11)21-15(10)22-14;2*17-16(18,19)10-6-12-11-5-9(14-8-20-3-4-23-14)1-2-13(11)22-15(12)21-7-10/h1-4,7,13,20H,5-6,8H2,(H,21,22);2*1-2,5-7,14,20H,3-4,8H2,(H,21,22)/t13-;2*14-/m100/s1. The van der Waals surface area contributed by atoms with Crippen LogP contribution in [0.25, 0.3) is 65.8 Å². The van der Waals surface area contributed by atoms with Gasteiger partial charge in [0.05, 0.1) is 49.3 Å². The van der Waals surface area contributed by atoms with E-state index >= 15 is 0 Å². The van der Waals surface area contributed by atoms with Gasteiger partial charge >= 0.3 is 18.5 Å². The average molecular weight is 964 g/mol. The summed E-state index contributed by atoms with van der Waals surface area (Å²) in [4.78, 5) is 20.6. The monoisotopic (exact) mass is 963 g/mol. The van der Waals surface area contributed by atoms with Crippen molar-refractivity contribution in [3.8, 4) is 0 Å². The quantitative estimate of drug-likeness (QED) is 0.0952. The van der Waals surface area contributed by atoms with Gasteiger partial charge in [-0.15, -0.1) is 0 Å². The Bertz CT molecular complexity index is 3140. The molecule has 0 bridgehead atoms. The number of hydrogen-bond acceptors (Lipinski definition) is 9. The molecule has 21 heteroatoms. The van der Waals surface area contributed by atoms with Crippen LogP contribution in [-0.2, 0) is 32.7 Å². The number of ether oxygens (including phenoxy) is 3. The Hall–Kier alpha value is -6.36. The molecular weight excluding hydrogens is 922 g/mol. The molecule has 12 rings (SSSR count). The molecule has 0 unspecified atom stereocenters. The van der Waals surface area contributed by atoms with Gasteiger partial charge in [-0.3, -0.25) is 0 Å². The number of aromatic nitrogens is 6. The third-order valence-electron chi connectivity index (χ3n) is 12.3. The van der Waals surface area contributed by atoms with Crippen molar-refractivity contribution in [2.75, 3.05) is 59.1 Å². The molecule has 3 aromatic carbocycles. The van der Waals surface area contributed by atoms with Gasteiger partial charge in [0.2, 0.25) is 0 Å². The maximum atomic E-state index is 12.9. The van der Waals surface area contributed by atoms with Crippen molar-refractivity contribution in [2.24, 2.45) is 0 Å². The van der Waals surface area contributed by atoms with E-state index in [1.165, 1.54) is 6.07 Å². The van der Waals surface area contributed by atoms with E-state index in [2.05, 4.69) is 45.9 Å². The number of halogens is 9. The van der Waals surface area contributed by atoms with E-state index in [4.69, 9.17) is 14.2 Å². The van der Waals surface area contributed by atoms with E-state index < -0.39 is 35.3 Å². The lowest BCUT2D eigenvalue weighted by molar-refractivity contribution is -0.141. The van der Waals surface area contributed by atoms with Crippen molar-refractivity contribution in [1.29, 1.82) is 0 Å². The van der Waals surface area contributed by atoms with Gasteiger partial charge in [0, 0.05) is 101 Å². The van der Waals surface area contributed by atoms with Crippen LogP contribution in [-0.4, -0.2) is 89.0 Å². The molecule has 0 radical (unpaired) electrons. The Morgan fingerprint density at radius 2 is 0.812 bits per heavy atom. The normalized spacial score (nSPS) is 19.5. The zero-order valence-electron chi connectivity index (χ0n) is 36.2. The maximum absolute atomic E-state index is 12.9. The van der Waals surface area contributed by atoms with Gasteiger partial charge in [-0.1, -0.05) is 18.2 Å². The van der Waals surface area contributed by atoms with Gasteiger partial charge in [-0.2, -0.15) is 39.5 Å². The van der Waals surface area contributed by atoms with Crippen LogP contribution >= 0.6 is 0 Å². The molecule has 9 aromatic rings. The molecule has 69 heavy (non-hydrogen) atoms. The van der Waals surface area contributed by atoms with Crippen LogP contribution in [0.5, 0.6) is 0 Å². The first-order valence-electron chi connectivity index (χ1n) is 22.0. The topological polar surface area (TPSA) is 150 Å². The smallest absolute Gasteiger partial charge is 0.371 e. The first kappa shape index (κ1) is 46.4. The van der Waals surface area contributed by atoms with E-state index in [-0.39, 0.29) is 24.0 Å². The van der Waals surface area contributed by atoms with Crippen molar-refractivity contribution >= 4 is 65.8 Å². The highest BCUT2D eigenvalue weighted by Crippen LogP contribution is 2.37. The summed E-state index contributed by atoms with van der Waals surface area (Å²) >= 11 is 0. The highest BCUT2D eigenvalue weighted by atomic mass is 19.4. The summed E-state index contributed by atoms with van der Waals surface area (Å²) in [7, 11) is 0. The molecule has 0 amide bonds. The van der Waals surface area contributed by atoms with Crippen LogP contribution in [0.4, 0.5) is 39.5 Å². The number of benzene rings is 3. The predicted molar refractivity (Wildman–Crippen MR) is 240 cm³/mol. The lowest BCUT2D eigenvalue weighted by atomic mass is 10.0. The Balaban J connectivity index is 0.000000120. The SMILES string of the molecule is FC(F)(F)c1ccc2c(n1)[nH]c1ccc([C@H]3CNCCO3)cc12.FC(F)(F)c1cnc2[nH]c3ccc([C@@H]4CNCCO4)cc3c2c1.FC(F)(F)c1cnc2[nH]c3ccc([C@@H]4CNCCO4)cc3c2c1. The number of pyridine rings is 3. The number of fused-ring (bicyclic) bond motifs is 9. The fraction of sp³-hybridized carbons (Fsp3) is 0.312. The summed E-state index contributed by atoms with van der Waals surface area (Å²) in [5.41, 5.74) is 3.96. The fourth-order valence-electron chi connectivity index (χ4n) is 8.78. The van der Waals surface area contributed by atoms with E-state index in [1.54, 1.807) is 0 Å². The minimum atomic E-state index is -4.45. The zero-order valence-corrected chi connectivity index (χ0v) is 36.2. The summed E-state index contributed by atoms with van der Waals surface area (Å²) in [5, 5.41) is 13.7. The van der Waals surface area contributed by atoms with E-state index in [0.717, 1.165) is 106 Å². The second-order valence-corrected chi connectivity index (χ2v) is 16.8. The van der Waals surface area contributed by atoms with E-state index in [0.29, 0.717) is 60.4 Å². The molecule has 0 spiro atoms. The highest BCUT2D eigenvalue weighted by Gasteiger charge is 2.34. The number of rotatable bonds is 3. The van der Waals surface area contributed by atoms with Crippen LogP contribution in [0.2, 0.25) is 0 Å². The molecule has 0 aliphatic carbocycles. The van der Waals surface area contributed by atoms with Crippen LogP contribution in [0.1, 0.15) is 51.8 Å². The van der Waals surface area contributed by atoms with E-state index in [1.807, 2.05) is 54.6 Å². The lowest BCUT2D eigenvalue weighted by Crippen LogP contribution is -2.33. The summed E-state index contributed by atoms with van der Waals surface area (Å²) in [5.74, 6) is 0. The molecule has 3 atom stereocenters. The number of H-pyrrole nitrogens is 3. The molecule has 3 aliphatic rings. The average Bonchev–Trinajstić information content (AvgIpc) is 4.04. The van der Waals surface area contributed by atoms with Crippen LogP contribution in [0.3, 0.4) is 0 Å². The Kier molecular flexibility index (Phi) is 12.4. The molecule has 360 valence electrons. The number of aromatic amines is 3. The molecule has 3 fully saturated rings. The lowest BCUT2D eigenvalue weighted by Gasteiger charge is -2.24. The van der Waals surface area contributed by atoms with Crippen molar-refractivity contribution in [3.63, 3.8) is 0 Å². The maximum Gasteiger partial charge on any atom is 0.433 e. The highest BCUT2D eigenvalue weighted by molar-refractivity contribution is 6.08. The number of morpholine rings is 3. The second kappa shape index (κ2) is 18.5. The van der Waals surface area contributed by atoms with Crippen molar-refractivity contribution < 1.29 is 53.7 Å². The van der Waals surface area contributed by atoms with Gasteiger partial charge in [-0.25, -0.2) is 15.0 Å². The first-order chi connectivity index (χ1) is 33.1. The molecule has 12 nitrogen and oxygen atoms in total. The summed E-state index contributed by atoms with van der Waals surface area (Å²) < 4.78 is 133. The summed E-state index contributed by atoms with van der Waals surface area (Å²) in [6.45, 7) is 6.45. The summed E-state index contributed by atoms with van der Waals surface area (Å²) in [6, 6.07) is 21.9. The minimum Gasteiger partial charge on any atom is -0.371 e. The predicted octanol–water partition coefficient (Wildman–Crippen LogP) is 10.2. The van der Waals surface area contributed by atoms with Gasteiger partial charge in [0.1, 0.15) is 22.6 Å². The largest absolute Gasteiger partial charge is 0.433 e. The van der Waals surface area contributed by atoms with Gasteiger partial charge in [-0.05, 0) is 77.4 Å². The number of nitrogens with one attached hydrogen (secondary N) is 6. The third-order valence-corrected chi connectivity index (χ3v) is 12.3. The molecule has 6 aromatic heterocycles. The van der Waals surface area contributed by atoms with Crippen LogP contribution < -0.4 is 16.0 Å². The number of nitrogens with zero attached hydrogens (tertiary/aromatic N) is 3. The van der Waals surface area contributed by atoms with Crippen molar-refractivity contribution in [2.45, 2.75) is 36.8 Å².